The highest BCUT2D eigenvalue weighted by Gasteiger charge is 2.23. The van der Waals surface area contributed by atoms with E-state index in [2.05, 4.69) is 35.3 Å². The molecule has 2 heterocycles. The highest BCUT2D eigenvalue weighted by molar-refractivity contribution is 7.99. The molecule has 0 spiro atoms. The van der Waals surface area contributed by atoms with Gasteiger partial charge in [0.1, 0.15) is 0 Å². The average molecular weight is 329 g/mol. The Hall–Kier alpha value is -1.75. The molecule has 1 aromatic carbocycles. The predicted molar refractivity (Wildman–Crippen MR) is 93.4 cm³/mol. The second-order valence-corrected chi connectivity index (χ2v) is 7.07. The van der Waals surface area contributed by atoms with Crippen LogP contribution in [0.25, 0.3) is 0 Å². The van der Waals surface area contributed by atoms with Crippen LogP contribution in [0.5, 0.6) is 0 Å². The van der Waals surface area contributed by atoms with Gasteiger partial charge in [-0.3, -0.25) is 4.79 Å². The van der Waals surface area contributed by atoms with E-state index < -0.39 is 0 Å². The number of piperidine rings is 1. The zero-order chi connectivity index (χ0) is 16.1. The first-order valence-corrected chi connectivity index (χ1v) is 9.13. The molecule has 1 amide bonds. The number of thioether (sulfide) groups is 1. The zero-order valence-electron chi connectivity index (χ0n) is 13.5. The maximum atomic E-state index is 12.3. The molecule has 1 aromatic heterocycles. The van der Waals surface area contributed by atoms with Crippen molar-refractivity contribution in [2.75, 3.05) is 18.8 Å². The Kier molecular flexibility index (Phi) is 5.39. The Bertz CT molecular complexity index is 633. The third-order valence-corrected chi connectivity index (χ3v) is 5.48. The number of amides is 1. The lowest BCUT2D eigenvalue weighted by Gasteiger charge is -2.32. The summed E-state index contributed by atoms with van der Waals surface area (Å²) in [4.78, 5) is 18.6. The molecular formula is C18H23N3OS. The molecule has 0 unspecified atom stereocenters. The fraction of sp³-hybridized carbons (Fsp3) is 0.444. The summed E-state index contributed by atoms with van der Waals surface area (Å²) in [6, 6.07) is 10.7. The Morgan fingerprint density at radius 3 is 2.65 bits per heavy atom. The first kappa shape index (κ1) is 16.1. The standard InChI is InChI=1S/C18H23N3OS/c1-20-12-9-19-18(20)23-14-17(22)21-10-7-16(8-11-21)13-15-5-3-2-4-6-15/h2-6,9,12,16H,7-8,10-11,13-14H2,1H3. The normalized spacial score (nSPS) is 15.8. The number of hydrogen-bond donors (Lipinski definition) is 0. The van der Waals surface area contributed by atoms with Crippen LogP contribution in [-0.4, -0.2) is 39.2 Å². The minimum atomic E-state index is 0.233. The molecule has 0 saturated carbocycles. The van der Waals surface area contributed by atoms with E-state index in [4.69, 9.17) is 0 Å². The van der Waals surface area contributed by atoms with Gasteiger partial charge in [0.05, 0.1) is 5.75 Å². The lowest BCUT2D eigenvalue weighted by molar-refractivity contribution is -0.129. The molecule has 0 bridgehead atoms. The monoisotopic (exact) mass is 329 g/mol. The van der Waals surface area contributed by atoms with Crippen LogP contribution in [-0.2, 0) is 18.3 Å². The number of likely N-dealkylation sites (tertiary alicyclic amines) is 1. The summed E-state index contributed by atoms with van der Waals surface area (Å²) in [5.41, 5.74) is 1.41. The molecule has 0 N–H and O–H groups in total. The van der Waals surface area contributed by atoms with E-state index in [1.807, 2.05) is 22.7 Å². The van der Waals surface area contributed by atoms with Crippen molar-refractivity contribution >= 4 is 17.7 Å². The Morgan fingerprint density at radius 1 is 1.26 bits per heavy atom. The minimum Gasteiger partial charge on any atom is -0.342 e. The van der Waals surface area contributed by atoms with Crippen molar-refractivity contribution in [3.05, 3.63) is 48.3 Å². The summed E-state index contributed by atoms with van der Waals surface area (Å²) in [6.45, 7) is 1.77. The summed E-state index contributed by atoms with van der Waals surface area (Å²) in [6.07, 6.45) is 7.01. The Labute approximate surface area is 141 Å². The topological polar surface area (TPSA) is 38.1 Å². The first-order valence-electron chi connectivity index (χ1n) is 8.14. The van der Waals surface area contributed by atoms with Crippen LogP contribution in [0.3, 0.4) is 0 Å². The van der Waals surface area contributed by atoms with Gasteiger partial charge in [-0.1, -0.05) is 42.1 Å². The van der Waals surface area contributed by atoms with Gasteiger partial charge >= 0.3 is 0 Å². The van der Waals surface area contributed by atoms with Gasteiger partial charge in [0.25, 0.3) is 0 Å². The number of carbonyl (C=O) groups is 1. The van der Waals surface area contributed by atoms with Crippen LogP contribution in [0.2, 0.25) is 0 Å². The van der Waals surface area contributed by atoms with Gasteiger partial charge in [-0.15, -0.1) is 0 Å². The van der Waals surface area contributed by atoms with E-state index in [1.165, 1.54) is 17.3 Å². The highest BCUT2D eigenvalue weighted by atomic mass is 32.2. The summed E-state index contributed by atoms with van der Waals surface area (Å²) in [5.74, 6) is 1.41. The zero-order valence-corrected chi connectivity index (χ0v) is 14.3. The molecular weight excluding hydrogens is 306 g/mol. The molecule has 122 valence electrons. The number of rotatable bonds is 5. The highest BCUT2D eigenvalue weighted by Crippen LogP contribution is 2.23. The molecule has 5 heteroatoms. The largest absolute Gasteiger partial charge is 0.342 e. The maximum absolute atomic E-state index is 12.3. The van der Waals surface area contributed by atoms with Crippen LogP contribution < -0.4 is 0 Å². The van der Waals surface area contributed by atoms with Crippen molar-refractivity contribution in [1.82, 2.24) is 14.5 Å². The number of nitrogens with zero attached hydrogens (tertiary/aromatic N) is 3. The maximum Gasteiger partial charge on any atom is 0.233 e. The van der Waals surface area contributed by atoms with Crippen molar-refractivity contribution < 1.29 is 4.79 Å². The van der Waals surface area contributed by atoms with Crippen LogP contribution >= 0.6 is 11.8 Å². The molecule has 0 aliphatic carbocycles. The second-order valence-electron chi connectivity index (χ2n) is 6.12. The van der Waals surface area contributed by atoms with Gasteiger partial charge in [-0.2, -0.15) is 0 Å². The summed E-state index contributed by atoms with van der Waals surface area (Å²) >= 11 is 1.52. The van der Waals surface area contributed by atoms with Crippen molar-refractivity contribution in [2.24, 2.45) is 13.0 Å². The van der Waals surface area contributed by atoms with E-state index in [1.54, 1.807) is 6.20 Å². The van der Waals surface area contributed by atoms with Crippen molar-refractivity contribution in [1.29, 1.82) is 0 Å². The lowest BCUT2D eigenvalue weighted by Crippen LogP contribution is -2.39. The van der Waals surface area contributed by atoms with Crippen LogP contribution in [0.1, 0.15) is 18.4 Å². The third-order valence-electron chi connectivity index (χ3n) is 4.44. The molecule has 3 rings (SSSR count). The number of carbonyl (C=O) groups excluding carboxylic acids is 1. The molecule has 23 heavy (non-hydrogen) atoms. The smallest absolute Gasteiger partial charge is 0.233 e. The molecule has 1 fully saturated rings. The van der Waals surface area contributed by atoms with Gasteiger partial charge in [-0.25, -0.2) is 4.98 Å². The third kappa shape index (κ3) is 4.38. The Morgan fingerprint density at radius 2 is 2.00 bits per heavy atom. The molecule has 4 nitrogen and oxygen atoms in total. The van der Waals surface area contributed by atoms with E-state index >= 15 is 0 Å². The van der Waals surface area contributed by atoms with Crippen molar-refractivity contribution in [3.63, 3.8) is 0 Å². The van der Waals surface area contributed by atoms with Crippen molar-refractivity contribution in [3.8, 4) is 0 Å². The molecule has 1 aliphatic rings. The second kappa shape index (κ2) is 7.68. The quantitative estimate of drug-likeness (QED) is 0.792. The predicted octanol–water partition coefficient (Wildman–Crippen LogP) is 2.99. The van der Waals surface area contributed by atoms with Crippen LogP contribution in [0, 0.1) is 5.92 Å². The molecule has 0 atom stereocenters. The first-order chi connectivity index (χ1) is 11.2. The Balaban J connectivity index is 1.43. The molecule has 2 aromatic rings. The van der Waals surface area contributed by atoms with E-state index in [0.29, 0.717) is 11.7 Å². The summed E-state index contributed by atoms with van der Waals surface area (Å²) < 4.78 is 1.95. The molecule has 0 radical (unpaired) electrons. The molecule has 1 aliphatic heterocycles. The van der Waals surface area contributed by atoms with E-state index in [0.717, 1.165) is 37.5 Å². The SMILES string of the molecule is Cn1ccnc1SCC(=O)N1CCC(Cc2ccccc2)CC1. The fourth-order valence-corrected chi connectivity index (χ4v) is 3.88. The van der Waals surface area contributed by atoms with Gasteiger partial charge in [0.15, 0.2) is 5.16 Å². The number of benzene rings is 1. The van der Waals surface area contributed by atoms with Gasteiger partial charge in [0, 0.05) is 32.5 Å². The number of hydrogen-bond acceptors (Lipinski definition) is 3. The van der Waals surface area contributed by atoms with Gasteiger partial charge in [0.2, 0.25) is 5.91 Å². The number of imidazole rings is 1. The summed E-state index contributed by atoms with van der Waals surface area (Å²) in [5, 5.41) is 0.900. The fourth-order valence-electron chi connectivity index (χ4n) is 3.04. The summed E-state index contributed by atoms with van der Waals surface area (Å²) in [7, 11) is 1.95. The van der Waals surface area contributed by atoms with Gasteiger partial charge in [-0.05, 0) is 30.7 Å². The van der Waals surface area contributed by atoms with Gasteiger partial charge < -0.3 is 9.47 Å². The number of aromatic nitrogens is 2. The average Bonchev–Trinajstić information content (AvgIpc) is 2.99. The van der Waals surface area contributed by atoms with Crippen LogP contribution in [0.4, 0.5) is 0 Å². The van der Waals surface area contributed by atoms with Crippen molar-refractivity contribution in [2.45, 2.75) is 24.4 Å². The molecule has 1 saturated heterocycles. The van der Waals surface area contributed by atoms with Crippen LogP contribution in [0.15, 0.2) is 47.9 Å². The minimum absolute atomic E-state index is 0.233. The number of aryl methyl sites for hydroxylation is 1. The lowest BCUT2D eigenvalue weighted by atomic mass is 9.90. The van der Waals surface area contributed by atoms with E-state index in [9.17, 15) is 4.79 Å². The van der Waals surface area contributed by atoms with E-state index in [-0.39, 0.29) is 5.91 Å².